The van der Waals surface area contributed by atoms with Gasteiger partial charge in [-0.25, -0.2) is 9.67 Å². The molecule has 2 fully saturated rings. The highest BCUT2D eigenvalue weighted by Gasteiger charge is 2.30. The lowest BCUT2D eigenvalue weighted by Gasteiger charge is -2.30. The summed E-state index contributed by atoms with van der Waals surface area (Å²) in [5, 5.41) is 17.9. The van der Waals surface area contributed by atoms with Crippen molar-refractivity contribution in [2.24, 2.45) is 5.92 Å². The summed E-state index contributed by atoms with van der Waals surface area (Å²) in [5.41, 5.74) is 0.871. The molecule has 5 rings (SSSR count). The van der Waals surface area contributed by atoms with Crippen LogP contribution in [0.2, 0.25) is 0 Å². The maximum Gasteiger partial charge on any atom is 0.225 e. The van der Waals surface area contributed by atoms with Crippen molar-refractivity contribution in [3.63, 3.8) is 0 Å². The molecule has 1 aromatic carbocycles. The van der Waals surface area contributed by atoms with E-state index in [-0.39, 0.29) is 25.2 Å². The van der Waals surface area contributed by atoms with Crippen LogP contribution >= 0.6 is 0 Å². The number of anilines is 1. The fourth-order valence-electron chi connectivity index (χ4n) is 4.89. The van der Waals surface area contributed by atoms with Crippen molar-refractivity contribution < 1.29 is 14.6 Å². The van der Waals surface area contributed by atoms with Gasteiger partial charge in [-0.1, -0.05) is 6.07 Å². The minimum atomic E-state index is -0.0419. The maximum absolute atomic E-state index is 12.7. The Morgan fingerprint density at radius 2 is 1.97 bits per heavy atom. The first-order valence-electron chi connectivity index (χ1n) is 11.8. The van der Waals surface area contributed by atoms with Crippen molar-refractivity contribution in [2.45, 2.75) is 44.6 Å². The van der Waals surface area contributed by atoms with Crippen molar-refractivity contribution >= 4 is 22.8 Å². The van der Waals surface area contributed by atoms with Gasteiger partial charge in [0.1, 0.15) is 12.4 Å². The average molecular weight is 451 g/mol. The zero-order chi connectivity index (χ0) is 22.6. The molecule has 1 aliphatic heterocycles. The molecule has 2 N–H and O–H groups in total. The van der Waals surface area contributed by atoms with E-state index in [2.05, 4.69) is 15.4 Å². The fourth-order valence-corrected chi connectivity index (χ4v) is 4.89. The Labute approximate surface area is 192 Å². The van der Waals surface area contributed by atoms with Crippen LogP contribution in [0.25, 0.3) is 16.7 Å². The van der Waals surface area contributed by atoms with E-state index in [1.54, 1.807) is 17.1 Å². The van der Waals surface area contributed by atoms with Gasteiger partial charge in [0, 0.05) is 37.3 Å². The molecule has 0 radical (unpaired) electrons. The van der Waals surface area contributed by atoms with Crippen molar-refractivity contribution in [3.05, 3.63) is 36.7 Å². The highest BCUT2D eigenvalue weighted by atomic mass is 16.5. The number of carbonyl (C=O) groups excluding carboxylic acids is 1. The minimum Gasteiger partial charge on any atom is -0.490 e. The van der Waals surface area contributed by atoms with Gasteiger partial charge < -0.3 is 20.1 Å². The maximum atomic E-state index is 12.7. The molecule has 2 aliphatic rings. The Kier molecular flexibility index (Phi) is 6.39. The number of fused-ring (bicyclic) bond motifs is 1. The van der Waals surface area contributed by atoms with Crippen LogP contribution in [0, 0.1) is 5.92 Å². The molecule has 1 amide bonds. The summed E-state index contributed by atoms with van der Waals surface area (Å²) < 4.78 is 7.39. The first-order chi connectivity index (χ1) is 16.2. The number of likely N-dealkylation sites (tertiary alicyclic amines) is 1. The third kappa shape index (κ3) is 4.64. The summed E-state index contributed by atoms with van der Waals surface area (Å²) in [6.07, 6.45) is 9.45. The lowest BCUT2D eigenvalue weighted by molar-refractivity contribution is -0.135. The standard InChI is InChI=1S/C24H30N6O3/c31-14-15-33-21-5-3-4-20-19(21)16-26-30(20)22-10-11-25-24(28-22)27-18-8-6-17(7-9-18)23(32)29-12-1-2-13-29/h3-5,10-11,16-18,31H,1-2,6-9,12-15H2,(H,25,27,28)/t17-,18-. The summed E-state index contributed by atoms with van der Waals surface area (Å²) in [7, 11) is 0. The van der Waals surface area contributed by atoms with Crippen molar-refractivity contribution in [1.82, 2.24) is 24.6 Å². The van der Waals surface area contributed by atoms with E-state index in [0.717, 1.165) is 62.5 Å². The number of hydrogen-bond donors (Lipinski definition) is 2. The molecular weight excluding hydrogens is 420 g/mol. The van der Waals surface area contributed by atoms with Crippen molar-refractivity contribution in [1.29, 1.82) is 0 Å². The minimum absolute atomic E-state index is 0.0419. The third-order valence-electron chi connectivity index (χ3n) is 6.61. The lowest BCUT2D eigenvalue weighted by Crippen LogP contribution is -2.37. The summed E-state index contributed by atoms with van der Waals surface area (Å²) in [4.78, 5) is 23.8. The topological polar surface area (TPSA) is 105 Å². The number of ether oxygens (including phenoxy) is 1. The molecule has 1 aliphatic carbocycles. The molecule has 0 bridgehead atoms. The second kappa shape index (κ2) is 9.74. The van der Waals surface area contributed by atoms with E-state index in [0.29, 0.717) is 23.4 Å². The van der Waals surface area contributed by atoms with Gasteiger partial charge >= 0.3 is 0 Å². The predicted octanol–water partition coefficient (Wildman–Crippen LogP) is 2.78. The average Bonchev–Trinajstić information content (AvgIpc) is 3.54. The molecule has 9 heteroatoms. The first-order valence-corrected chi connectivity index (χ1v) is 11.8. The van der Waals surface area contributed by atoms with Crippen LogP contribution in [-0.2, 0) is 4.79 Å². The molecule has 2 aromatic heterocycles. The normalized spacial score (nSPS) is 20.8. The quantitative estimate of drug-likeness (QED) is 0.570. The fraction of sp³-hybridized carbons (Fsp3) is 0.500. The molecule has 0 spiro atoms. The zero-order valence-electron chi connectivity index (χ0n) is 18.7. The summed E-state index contributed by atoms with van der Waals surface area (Å²) >= 11 is 0. The Bertz CT molecular complexity index is 1100. The molecule has 3 aromatic rings. The van der Waals surface area contributed by atoms with Gasteiger partial charge in [-0.3, -0.25) is 4.79 Å². The van der Waals surface area contributed by atoms with Crippen LogP contribution in [0.4, 0.5) is 5.95 Å². The molecule has 1 saturated carbocycles. The number of hydrogen-bond acceptors (Lipinski definition) is 7. The van der Waals surface area contributed by atoms with E-state index < -0.39 is 0 Å². The van der Waals surface area contributed by atoms with E-state index in [9.17, 15) is 4.79 Å². The summed E-state index contributed by atoms with van der Waals surface area (Å²) in [5.74, 6) is 2.42. The highest BCUT2D eigenvalue weighted by molar-refractivity contribution is 5.86. The Hall–Kier alpha value is -3.20. The molecule has 33 heavy (non-hydrogen) atoms. The number of nitrogens with zero attached hydrogens (tertiary/aromatic N) is 5. The largest absolute Gasteiger partial charge is 0.490 e. The molecular formula is C24H30N6O3. The second-order valence-corrected chi connectivity index (χ2v) is 8.78. The second-order valence-electron chi connectivity index (χ2n) is 8.78. The molecule has 0 unspecified atom stereocenters. The molecule has 0 atom stereocenters. The number of benzene rings is 1. The van der Waals surface area contributed by atoms with Crippen molar-refractivity contribution in [2.75, 3.05) is 31.6 Å². The SMILES string of the molecule is O=C([C@H]1CC[C@H](Nc2nccc(-n3ncc4c(OCCO)cccc43)n2)CC1)N1CCCC1. The first kappa shape index (κ1) is 21.6. The van der Waals surface area contributed by atoms with Gasteiger partial charge in [0.05, 0.1) is 23.7 Å². The Morgan fingerprint density at radius 3 is 2.76 bits per heavy atom. The predicted molar refractivity (Wildman–Crippen MR) is 124 cm³/mol. The number of nitrogens with one attached hydrogen (secondary N) is 1. The number of rotatable bonds is 7. The molecule has 1 saturated heterocycles. The van der Waals surface area contributed by atoms with Crippen LogP contribution in [0.15, 0.2) is 36.7 Å². The van der Waals surface area contributed by atoms with Crippen LogP contribution in [0.3, 0.4) is 0 Å². The van der Waals surface area contributed by atoms with Crippen LogP contribution < -0.4 is 10.1 Å². The Morgan fingerprint density at radius 1 is 1.15 bits per heavy atom. The van der Waals surface area contributed by atoms with E-state index in [4.69, 9.17) is 14.8 Å². The van der Waals surface area contributed by atoms with Crippen LogP contribution in [0.1, 0.15) is 38.5 Å². The van der Waals surface area contributed by atoms with E-state index >= 15 is 0 Å². The van der Waals surface area contributed by atoms with Crippen LogP contribution in [0.5, 0.6) is 5.75 Å². The number of aromatic nitrogens is 4. The van der Waals surface area contributed by atoms with Gasteiger partial charge in [-0.2, -0.15) is 10.1 Å². The zero-order valence-corrected chi connectivity index (χ0v) is 18.7. The monoisotopic (exact) mass is 450 g/mol. The summed E-state index contributed by atoms with van der Waals surface area (Å²) in [6, 6.07) is 7.81. The smallest absolute Gasteiger partial charge is 0.225 e. The van der Waals surface area contributed by atoms with Gasteiger partial charge in [-0.05, 0) is 50.7 Å². The van der Waals surface area contributed by atoms with Crippen LogP contribution in [-0.4, -0.2) is 68.0 Å². The van der Waals surface area contributed by atoms with Gasteiger partial charge in [0.15, 0.2) is 5.82 Å². The molecule has 9 nitrogen and oxygen atoms in total. The molecule has 3 heterocycles. The van der Waals surface area contributed by atoms with Crippen molar-refractivity contribution in [3.8, 4) is 11.6 Å². The van der Waals surface area contributed by atoms with E-state index in [1.165, 1.54) is 0 Å². The lowest BCUT2D eigenvalue weighted by atomic mass is 9.85. The summed E-state index contributed by atoms with van der Waals surface area (Å²) in [6.45, 7) is 2.04. The number of aliphatic hydroxyl groups excluding tert-OH is 1. The van der Waals surface area contributed by atoms with Gasteiger partial charge in [0.2, 0.25) is 11.9 Å². The van der Waals surface area contributed by atoms with Gasteiger partial charge in [-0.15, -0.1) is 0 Å². The highest BCUT2D eigenvalue weighted by Crippen LogP contribution is 2.29. The number of aliphatic hydroxyl groups is 1. The van der Waals surface area contributed by atoms with Gasteiger partial charge in [0.25, 0.3) is 0 Å². The number of amides is 1. The molecule has 174 valence electrons. The number of carbonyl (C=O) groups is 1. The Balaban J connectivity index is 1.25. The third-order valence-corrected chi connectivity index (χ3v) is 6.61. The van der Waals surface area contributed by atoms with E-state index in [1.807, 2.05) is 29.2 Å².